The predicted octanol–water partition coefficient (Wildman–Crippen LogP) is 11.8. The van der Waals surface area contributed by atoms with Gasteiger partial charge in [-0.2, -0.15) is 8.75 Å². The van der Waals surface area contributed by atoms with Gasteiger partial charge in [0, 0.05) is 22.3 Å². The lowest BCUT2D eigenvalue weighted by Crippen LogP contribution is -1.97. The number of hydrogen-bond donors (Lipinski definition) is 0. The van der Waals surface area contributed by atoms with Crippen molar-refractivity contribution in [3.63, 3.8) is 0 Å². The third kappa shape index (κ3) is 7.32. The fourth-order valence-electron chi connectivity index (χ4n) is 6.20. The molecule has 7 heteroatoms. The Morgan fingerprint density at radius 1 is 0.531 bits per heavy atom. The van der Waals surface area contributed by atoms with Gasteiger partial charge >= 0.3 is 0 Å². The van der Waals surface area contributed by atoms with Gasteiger partial charge in [-0.15, -0.1) is 10.2 Å². The molecule has 0 saturated carbocycles. The van der Waals surface area contributed by atoms with Crippen LogP contribution < -0.4 is 4.74 Å². The molecule has 0 spiro atoms. The maximum Gasteiger partial charge on any atom is 0.248 e. The second kappa shape index (κ2) is 15.0. The monoisotopic (exact) mass is 664 g/mol. The van der Waals surface area contributed by atoms with Crippen molar-refractivity contribution in [1.29, 1.82) is 0 Å². The van der Waals surface area contributed by atoms with Crippen molar-refractivity contribution in [2.45, 2.75) is 59.3 Å². The van der Waals surface area contributed by atoms with Crippen LogP contribution in [0.3, 0.4) is 0 Å². The van der Waals surface area contributed by atoms with E-state index in [1.165, 1.54) is 49.4 Å². The lowest BCUT2D eigenvalue weighted by atomic mass is 9.94. The van der Waals surface area contributed by atoms with Gasteiger partial charge in [-0.05, 0) is 72.9 Å². The van der Waals surface area contributed by atoms with E-state index < -0.39 is 0 Å². The first kappa shape index (κ1) is 32.4. The molecule has 246 valence electrons. The molecule has 0 N–H and O–H groups in total. The van der Waals surface area contributed by atoms with Gasteiger partial charge in [-0.1, -0.05) is 123 Å². The Morgan fingerprint density at radius 3 is 1.73 bits per heavy atom. The molecule has 0 bridgehead atoms. The molecule has 0 aliphatic heterocycles. The molecular formula is C42H40N4O2S. The van der Waals surface area contributed by atoms with Crippen molar-refractivity contribution >= 4 is 22.8 Å². The van der Waals surface area contributed by atoms with Gasteiger partial charge in [-0.25, -0.2) is 0 Å². The van der Waals surface area contributed by atoms with Gasteiger partial charge in [0.2, 0.25) is 11.8 Å². The van der Waals surface area contributed by atoms with Crippen molar-refractivity contribution in [2.24, 2.45) is 0 Å². The molecule has 6 nitrogen and oxygen atoms in total. The zero-order chi connectivity index (χ0) is 33.6. The molecule has 7 rings (SSSR count). The minimum absolute atomic E-state index is 0.482. The van der Waals surface area contributed by atoms with E-state index in [2.05, 4.69) is 114 Å². The van der Waals surface area contributed by atoms with E-state index in [0.717, 1.165) is 79.9 Å². The number of aromatic nitrogens is 4. The minimum atomic E-state index is 0.482. The largest absolute Gasteiger partial charge is 0.494 e. The number of aryl methyl sites for hydroxylation is 2. The second-order valence-corrected chi connectivity index (χ2v) is 13.2. The first-order valence-corrected chi connectivity index (χ1v) is 17.9. The highest BCUT2D eigenvalue weighted by atomic mass is 32.1. The first-order chi connectivity index (χ1) is 24.1. The summed E-state index contributed by atoms with van der Waals surface area (Å²) in [7, 11) is 0. The Morgan fingerprint density at radius 2 is 1.06 bits per heavy atom. The topological polar surface area (TPSA) is 73.9 Å². The average Bonchev–Trinajstić information content (AvgIpc) is 3.83. The van der Waals surface area contributed by atoms with E-state index in [9.17, 15) is 0 Å². The van der Waals surface area contributed by atoms with Crippen LogP contribution in [0.2, 0.25) is 0 Å². The molecule has 49 heavy (non-hydrogen) atoms. The third-order valence-electron chi connectivity index (χ3n) is 8.98. The Balaban J connectivity index is 1.09. The van der Waals surface area contributed by atoms with E-state index in [1.54, 1.807) is 0 Å². The van der Waals surface area contributed by atoms with Crippen molar-refractivity contribution in [1.82, 2.24) is 18.9 Å². The molecule has 0 radical (unpaired) electrons. The Bertz CT molecular complexity index is 2150. The quantitative estimate of drug-likeness (QED) is 0.114. The molecule has 0 unspecified atom stereocenters. The van der Waals surface area contributed by atoms with E-state index >= 15 is 0 Å². The lowest BCUT2D eigenvalue weighted by molar-refractivity contribution is 0.304. The van der Waals surface area contributed by atoms with Crippen LogP contribution in [-0.4, -0.2) is 25.6 Å². The normalized spacial score (nSPS) is 11.3. The highest BCUT2D eigenvalue weighted by Gasteiger charge is 2.17. The molecule has 0 fully saturated rings. The molecule has 2 heterocycles. The van der Waals surface area contributed by atoms with Crippen LogP contribution in [0.4, 0.5) is 0 Å². The number of benzene rings is 5. The van der Waals surface area contributed by atoms with Gasteiger partial charge in [0.05, 0.1) is 18.3 Å². The van der Waals surface area contributed by atoms with Crippen LogP contribution in [0, 0.1) is 13.8 Å². The molecule has 7 aromatic rings. The zero-order valence-electron chi connectivity index (χ0n) is 28.3. The third-order valence-corrected chi connectivity index (χ3v) is 9.51. The minimum Gasteiger partial charge on any atom is -0.494 e. The highest BCUT2D eigenvalue weighted by Crippen LogP contribution is 2.38. The maximum absolute atomic E-state index is 6.27. The van der Waals surface area contributed by atoms with E-state index in [1.807, 2.05) is 24.3 Å². The Labute approximate surface area is 292 Å². The number of unbranched alkanes of at least 4 members (excludes halogenated alkanes) is 5. The maximum atomic E-state index is 6.27. The molecular weight excluding hydrogens is 625 g/mol. The van der Waals surface area contributed by atoms with E-state index in [0.29, 0.717) is 11.8 Å². The van der Waals surface area contributed by atoms with Crippen molar-refractivity contribution in [2.75, 3.05) is 6.61 Å². The highest BCUT2D eigenvalue weighted by molar-refractivity contribution is 7.00. The summed E-state index contributed by atoms with van der Waals surface area (Å²) in [6.07, 6.45) is 7.47. The Kier molecular flexibility index (Phi) is 9.89. The summed E-state index contributed by atoms with van der Waals surface area (Å²) in [6, 6.07) is 35.7. The average molecular weight is 665 g/mol. The van der Waals surface area contributed by atoms with Crippen LogP contribution in [-0.2, 0) is 0 Å². The second-order valence-electron chi connectivity index (χ2n) is 12.7. The van der Waals surface area contributed by atoms with Crippen LogP contribution in [0.15, 0.2) is 108 Å². The lowest BCUT2D eigenvalue weighted by Gasteiger charge is -2.11. The number of hydrogen-bond acceptors (Lipinski definition) is 7. The summed E-state index contributed by atoms with van der Waals surface area (Å²) in [6.45, 7) is 7.15. The van der Waals surface area contributed by atoms with E-state index in [-0.39, 0.29) is 0 Å². The van der Waals surface area contributed by atoms with Crippen LogP contribution in [0.1, 0.15) is 56.6 Å². The van der Waals surface area contributed by atoms with E-state index in [4.69, 9.17) is 13.5 Å². The smallest absolute Gasteiger partial charge is 0.248 e. The SMILES string of the molecule is CCCCCCCCOc1ccc(-c2nnc(-c3cc(C)ccc3-c3ccc(-c4ccc(-c5ccc(C)cc5)c5nsnc45)cc3)o2)cc1. The summed E-state index contributed by atoms with van der Waals surface area (Å²) in [5.74, 6) is 1.83. The molecule has 2 aromatic heterocycles. The zero-order valence-corrected chi connectivity index (χ0v) is 29.1. The fourth-order valence-corrected chi connectivity index (χ4v) is 6.77. The molecule has 0 saturated heterocycles. The van der Waals surface area contributed by atoms with Crippen LogP contribution in [0.25, 0.3) is 67.3 Å². The summed E-state index contributed by atoms with van der Waals surface area (Å²) < 4.78 is 21.6. The van der Waals surface area contributed by atoms with Gasteiger partial charge in [-0.3, -0.25) is 0 Å². The van der Waals surface area contributed by atoms with Crippen molar-refractivity contribution in [3.05, 3.63) is 114 Å². The van der Waals surface area contributed by atoms with Crippen molar-refractivity contribution in [3.8, 4) is 62.0 Å². The molecule has 0 atom stereocenters. The first-order valence-electron chi connectivity index (χ1n) is 17.2. The summed E-state index contributed by atoms with van der Waals surface area (Å²) >= 11 is 1.25. The Hall–Kier alpha value is -5.14. The number of ether oxygens (including phenoxy) is 1. The van der Waals surface area contributed by atoms with Crippen molar-refractivity contribution < 1.29 is 9.15 Å². The fraction of sp³-hybridized carbons (Fsp3) is 0.238. The molecule has 0 aliphatic rings. The number of nitrogens with zero attached hydrogens (tertiary/aromatic N) is 4. The van der Waals surface area contributed by atoms with Gasteiger partial charge in [0.1, 0.15) is 16.8 Å². The predicted molar refractivity (Wildman–Crippen MR) is 201 cm³/mol. The van der Waals surface area contributed by atoms with Crippen LogP contribution >= 0.6 is 11.7 Å². The molecule has 0 amide bonds. The van der Waals surface area contributed by atoms with Gasteiger partial charge in [0.25, 0.3) is 0 Å². The standard InChI is InChI=1S/C42H40N4O2S/c1-4-5-6-7-8-9-26-47-34-21-19-33(20-22-34)41-43-44-42(48-41)38-27-29(3)12-23-35(38)30-15-17-32(18-16-30)37-25-24-36(39-40(37)46-49-45-39)31-13-10-28(2)11-14-31/h10-25,27H,4-9,26H2,1-3H3. The van der Waals surface area contributed by atoms with Gasteiger partial charge in [0.15, 0.2) is 0 Å². The summed E-state index contributed by atoms with van der Waals surface area (Å²) in [5.41, 5.74) is 12.5. The summed E-state index contributed by atoms with van der Waals surface area (Å²) in [5, 5.41) is 8.88. The molecule has 5 aromatic carbocycles. The number of rotatable bonds is 13. The molecule has 0 aliphatic carbocycles. The number of fused-ring (bicyclic) bond motifs is 1. The summed E-state index contributed by atoms with van der Waals surface area (Å²) in [4.78, 5) is 0. The van der Waals surface area contributed by atoms with Gasteiger partial charge < -0.3 is 9.15 Å². The van der Waals surface area contributed by atoms with Crippen LogP contribution in [0.5, 0.6) is 5.75 Å².